The molecule has 15 heavy (non-hydrogen) atoms. The minimum Gasteiger partial charge on any atom is -0.330 e. The molecular weight excluding hydrogens is 184 g/mol. The third-order valence-electron chi connectivity index (χ3n) is 2.40. The van der Waals surface area contributed by atoms with Crippen molar-refractivity contribution in [3.05, 3.63) is 12.2 Å². The van der Waals surface area contributed by atoms with Crippen molar-refractivity contribution in [1.29, 1.82) is 5.26 Å². The second-order valence-electron chi connectivity index (χ2n) is 3.87. The molecular formula is C13H24N2. The molecule has 0 bridgehead atoms. The summed E-state index contributed by atoms with van der Waals surface area (Å²) in [6.07, 6.45) is 14.8. The number of hydrogen-bond donors (Lipinski definition) is 1. The molecule has 2 heteroatoms. The maximum absolute atomic E-state index is 8.34. The van der Waals surface area contributed by atoms with Crippen LogP contribution in [0, 0.1) is 11.3 Å². The second kappa shape index (κ2) is 13.2. The maximum Gasteiger partial charge on any atom is 0.0621 e. The highest BCUT2D eigenvalue weighted by molar-refractivity contribution is 4.81. The van der Waals surface area contributed by atoms with Gasteiger partial charge in [0, 0.05) is 6.42 Å². The van der Waals surface area contributed by atoms with Crippen LogP contribution in [0.15, 0.2) is 12.2 Å². The molecule has 0 saturated carbocycles. The molecule has 0 radical (unpaired) electrons. The van der Waals surface area contributed by atoms with Crippen molar-refractivity contribution in [2.45, 2.75) is 57.8 Å². The normalized spacial score (nSPS) is 10.7. The minimum atomic E-state index is 0.717. The van der Waals surface area contributed by atoms with Gasteiger partial charge in [0.15, 0.2) is 0 Å². The Kier molecular flexibility index (Phi) is 12.5. The number of allylic oxidation sites excluding steroid dienone is 2. The van der Waals surface area contributed by atoms with Crippen molar-refractivity contribution < 1.29 is 0 Å². The summed E-state index contributed by atoms with van der Waals surface area (Å²) in [4.78, 5) is 0. The summed E-state index contributed by atoms with van der Waals surface area (Å²) in [5.74, 6) is 0. The van der Waals surface area contributed by atoms with Crippen LogP contribution in [-0.2, 0) is 0 Å². The molecule has 2 nitrogen and oxygen atoms in total. The third kappa shape index (κ3) is 13.2. The van der Waals surface area contributed by atoms with Gasteiger partial charge < -0.3 is 5.73 Å². The van der Waals surface area contributed by atoms with Crippen LogP contribution in [0.2, 0.25) is 0 Å². The fourth-order valence-corrected chi connectivity index (χ4v) is 1.46. The number of unbranched alkanes of at least 4 members (excludes halogenated alkanes) is 7. The molecule has 0 aliphatic heterocycles. The molecule has 0 aromatic carbocycles. The van der Waals surface area contributed by atoms with Gasteiger partial charge in [0.25, 0.3) is 0 Å². The van der Waals surface area contributed by atoms with E-state index >= 15 is 0 Å². The molecule has 0 atom stereocenters. The summed E-state index contributed by atoms with van der Waals surface area (Å²) in [6, 6.07) is 2.17. The van der Waals surface area contributed by atoms with Crippen molar-refractivity contribution in [3.8, 4) is 6.07 Å². The van der Waals surface area contributed by atoms with E-state index in [1.807, 2.05) is 0 Å². The summed E-state index contributed by atoms with van der Waals surface area (Å²) < 4.78 is 0. The van der Waals surface area contributed by atoms with E-state index in [0.29, 0.717) is 0 Å². The first-order chi connectivity index (χ1) is 7.41. The Morgan fingerprint density at radius 1 is 0.867 bits per heavy atom. The zero-order chi connectivity index (χ0) is 11.2. The fourth-order valence-electron chi connectivity index (χ4n) is 1.46. The Morgan fingerprint density at radius 3 is 2.07 bits per heavy atom. The summed E-state index contributed by atoms with van der Waals surface area (Å²) >= 11 is 0. The van der Waals surface area contributed by atoms with Crippen LogP contribution in [0.1, 0.15) is 57.8 Å². The van der Waals surface area contributed by atoms with Gasteiger partial charge in [-0.3, -0.25) is 0 Å². The monoisotopic (exact) mass is 208 g/mol. The van der Waals surface area contributed by atoms with Gasteiger partial charge in [-0.1, -0.05) is 25.0 Å². The van der Waals surface area contributed by atoms with Crippen LogP contribution in [0.3, 0.4) is 0 Å². The van der Waals surface area contributed by atoms with Crippen LogP contribution in [0.25, 0.3) is 0 Å². The topological polar surface area (TPSA) is 49.8 Å². The molecule has 0 aromatic heterocycles. The summed E-state index contributed by atoms with van der Waals surface area (Å²) in [7, 11) is 0. The number of nitrogens with two attached hydrogens (primary N) is 1. The quantitative estimate of drug-likeness (QED) is 0.441. The number of rotatable bonds is 10. The first-order valence-corrected chi connectivity index (χ1v) is 6.14. The van der Waals surface area contributed by atoms with Crippen molar-refractivity contribution in [2.75, 3.05) is 6.54 Å². The van der Waals surface area contributed by atoms with Crippen molar-refractivity contribution in [3.63, 3.8) is 0 Å². The molecule has 0 unspecified atom stereocenters. The molecule has 0 spiro atoms. The highest BCUT2D eigenvalue weighted by atomic mass is 14.5. The zero-order valence-electron chi connectivity index (χ0n) is 9.75. The predicted octanol–water partition coefficient (Wildman–Crippen LogP) is 3.54. The van der Waals surface area contributed by atoms with Crippen LogP contribution in [0.5, 0.6) is 0 Å². The van der Waals surface area contributed by atoms with Crippen LogP contribution in [0.4, 0.5) is 0 Å². The molecule has 0 saturated heterocycles. The van der Waals surface area contributed by atoms with Gasteiger partial charge >= 0.3 is 0 Å². The number of nitrogens with zero attached hydrogens (tertiary/aromatic N) is 1. The molecule has 0 aliphatic carbocycles. The van der Waals surface area contributed by atoms with Crippen molar-refractivity contribution in [2.24, 2.45) is 5.73 Å². The SMILES string of the molecule is N#CCCCCCC/C=C\CCCCN. The van der Waals surface area contributed by atoms with Crippen LogP contribution >= 0.6 is 0 Å². The zero-order valence-corrected chi connectivity index (χ0v) is 9.75. The van der Waals surface area contributed by atoms with Crippen molar-refractivity contribution in [1.82, 2.24) is 0 Å². The molecule has 0 aromatic rings. The third-order valence-corrected chi connectivity index (χ3v) is 2.40. The lowest BCUT2D eigenvalue weighted by atomic mass is 10.1. The van der Waals surface area contributed by atoms with Gasteiger partial charge in [0.05, 0.1) is 6.07 Å². The molecule has 2 N–H and O–H groups in total. The van der Waals surface area contributed by atoms with Gasteiger partial charge in [0.1, 0.15) is 0 Å². The first-order valence-electron chi connectivity index (χ1n) is 6.14. The lowest BCUT2D eigenvalue weighted by Gasteiger charge is -1.95. The van der Waals surface area contributed by atoms with E-state index in [1.54, 1.807) is 0 Å². The molecule has 86 valence electrons. The standard InChI is InChI=1S/C13H24N2/c14-12-10-8-6-4-2-1-3-5-7-9-11-13-15/h2,4H,1,3,5-12,14H2/b4-2-. The van der Waals surface area contributed by atoms with Gasteiger partial charge in [-0.25, -0.2) is 0 Å². The van der Waals surface area contributed by atoms with Gasteiger partial charge in [0.2, 0.25) is 0 Å². The van der Waals surface area contributed by atoms with E-state index in [4.69, 9.17) is 11.0 Å². The fraction of sp³-hybridized carbons (Fsp3) is 0.769. The Hall–Kier alpha value is -0.810. The van der Waals surface area contributed by atoms with E-state index in [2.05, 4.69) is 18.2 Å². The minimum absolute atomic E-state index is 0.717. The van der Waals surface area contributed by atoms with Gasteiger partial charge in [-0.05, 0) is 45.1 Å². The summed E-state index contributed by atoms with van der Waals surface area (Å²) in [5.41, 5.74) is 5.40. The predicted molar refractivity (Wildman–Crippen MR) is 65.4 cm³/mol. The maximum atomic E-state index is 8.34. The Balaban J connectivity index is 3.00. The largest absolute Gasteiger partial charge is 0.330 e. The van der Waals surface area contributed by atoms with E-state index in [0.717, 1.165) is 25.8 Å². The Bertz CT molecular complexity index is 179. The lowest BCUT2D eigenvalue weighted by molar-refractivity contribution is 0.654. The highest BCUT2D eigenvalue weighted by Crippen LogP contribution is 2.06. The molecule has 0 aliphatic rings. The van der Waals surface area contributed by atoms with E-state index in [-0.39, 0.29) is 0 Å². The smallest absolute Gasteiger partial charge is 0.0621 e. The lowest BCUT2D eigenvalue weighted by Crippen LogP contribution is -1.96. The number of hydrogen-bond acceptors (Lipinski definition) is 2. The Labute approximate surface area is 94.2 Å². The average molecular weight is 208 g/mol. The average Bonchev–Trinajstić information content (AvgIpc) is 2.26. The molecule has 0 fully saturated rings. The summed E-state index contributed by atoms with van der Waals surface area (Å²) in [5, 5.41) is 8.34. The van der Waals surface area contributed by atoms with E-state index in [9.17, 15) is 0 Å². The van der Waals surface area contributed by atoms with Gasteiger partial charge in [-0.2, -0.15) is 5.26 Å². The van der Waals surface area contributed by atoms with Crippen molar-refractivity contribution >= 4 is 0 Å². The Morgan fingerprint density at radius 2 is 1.47 bits per heavy atom. The first kappa shape index (κ1) is 14.2. The highest BCUT2D eigenvalue weighted by Gasteiger charge is 1.88. The van der Waals surface area contributed by atoms with E-state index in [1.165, 1.54) is 38.5 Å². The van der Waals surface area contributed by atoms with E-state index < -0.39 is 0 Å². The summed E-state index contributed by atoms with van der Waals surface area (Å²) in [6.45, 7) is 0.812. The molecule has 0 heterocycles. The second-order valence-corrected chi connectivity index (χ2v) is 3.87. The van der Waals surface area contributed by atoms with Crippen LogP contribution in [-0.4, -0.2) is 6.54 Å². The molecule has 0 rings (SSSR count). The number of nitriles is 1. The van der Waals surface area contributed by atoms with Gasteiger partial charge in [-0.15, -0.1) is 0 Å². The van der Waals surface area contributed by atoms with Crippen LogP contribution < -0.4 is 5.73 Å². The molecule has 0 amide bonds.